The fourth-order valence-electron chi connectivity index (χ4n) is 4.33. The Morgan fingerprint density at radius 3 is 2.52 bits per heavy atom. The van der Waals surface area contributed by atoms with Gasteiger partial charge in [0.15, 0.2) is 0 Å². The van der Waals surface area contributed by atoms with E-state index in [-0.39, 0.29) is 11.7 Å². The van der Waals surface area contributed by atoms with Crippen molar-refractivity contribution in [3.05, 3.63) is 89.0 Å². The quantitative estimate of drug-likeness (QED) is 0.317. The van der Waals surface area contributed by atoms with Crippen LogP contribution in [0.3, 0.4) is 0 Å². The summed E-state index contributed by atoms with van der Waals surface area (Å²) in [5.41, 5.74) is 6.71. The fourth-order valence-corrected chi connectivity index (χ4v) is 5.15. The van der Waals surface area contributed by atoms with Gasteiger partial charge >= 0.3 is 0 Å². The van der Waals surface area contributed by atoms with Crippen LogP contribution in [0.25, 0.3) is 10.9 Å². The van der Waals surface area contributed by atoms with E-state index in [1.165, 1.54) is 22.9 Å². The summed E-state index contributed by atoms with van der Waals surface area (Å²) in [5, 5.41) is 4.83. The summed E-state index contributed by atoms with van der Waals surface area (Å²) < 4.78 is 0. The van der Waals surface area contributed by atoms with Gasteiger partial charge < -0.3 is 10.2 Å². The van der Waals surface area contributed by atoms with Crippen molar-refractivity contribution in [2.24, 2.45) is 0 Å². The first-order chi connectivity index (χ1) is 16.0. The largest absolute Gasteiger partial charge is 0.336 e. The molecule has 33 heavy (non-hydrogen) atoms. The molecule has 0 unspecified atom stereocenters. The van der Waals surface area contributed by atoms with Gasteiger partial charge in [-0.3, -0.25) is 4.79 Å². The second kappa shape index (κ2) is 9.24. The normalized spacial score (nSPS) is 13.1. The molecule has 1 amide bonds. The molecule has 2 heterocycles. The molecule has 1 aliphatic heterocycles. The number of amides is 1. The van der Waals surface area contributed by atoms with Crippen molar-refractivity contribution < 1.29 is 4.79 Å². The van der Waals surface area contributed by atoms with E-state index in [1.807, 2.05) is 50.2 Å². The van der Waals surface area contributed by atoms with Gasteiger partial charge in [-0.05, 0) is 60.7 Å². The molecular weight excluding hydrogens is 428 g/mol. The Kier molecular flexibility index (Phi) is 6.01. The van der Waals surface area contributed by atoms with Gasteiger partial charge in [-0.1, -0.05) is 60.3 Å². The molecule has 1 aromatic heterocycles. The maximum absolute atomic E-state index is 12.7. The molecule has 5 nitrogen and oxygen atoms in total. The number of anilines is 2. The molecule has 0 saturated carbocycles. The summed E-state index contributed by atoms with van der Waals surface area (Å²) in [6.45, 7) is 5.74. The van der Waals surface area contributed by atoms with Crippen LogP contribution in [0.2, 0.25) is 0 Å². The molecule has 3 aromatic carbocycles. The minimum Gasteiger partial charge on any atom is -0.336 e. The van der Waals surface area contributed by atoms with E-state index >= 15 is 0 Å². The molecule has 0 aliphatic carbocycles. The Labute approximate surface area is 198 Å². The number of thioether (sulfide) groups is 1. The number of carbonyl (C=O) groups is 1. The first kappa shape index (κ1) is 21.5. The fraction of sp³-hybridized carbons (Fsp3) is 0.222. The summed E-state index contributed by atoms with van der Waals surface area (Å²) >= 11 is 1.46. The highest BCUT2D eigenvalue weighted by molar-refractivity contribution is 8.00. The lowest BCUT2D eigenvalue weighted by Gasteiger charge is -2.29. The average Bonchev–Trinajstić information content (AvgIpc) is 2.81. The lowest BCUT2D eigenvalue weighted by Crippen LogP contribution is -2.31. The number of hydrogen-bond acceptors (Lipinski definition) is 5. The molecule has 0 atom stereocenters. The number of carbonyl (C=O) groups excluding carboxylic acids is 1. The first-order valence-corrected chi connectivity index (χ1v) is 12.1. The maximum atomic E-state index is 12.7. The highest BCUT2D eigenvalue weighted by atomic mass is 32.2. The number of hydrogen-bond donors (Lipinski definition) is 1. The molecule has 0 spiro atoms. The van der Waals surface area contributed by atoms with Gasteiger partial charge in [0.05, 0.1) is 11.3 Å². The lowest BCUT2D eigenvalue weighted by atomic mass is 10.0. The van der Waals surface area contributed by atoms with Gasteiger partial charge in [-0.25, -0.2) is 9.97 Å². The Bertz CT molecular complexity index is 1320. The molecule has 0 fully saturated rings. The van der Waals surface area contributed by atoms with Crippen LogP contribution in [0.5, 0.6) is 0 Å². The summed E-state index contributed by atoms with van der Waals surface area (Å²) in [4.78, 5) is 24.7. The molecule has 0 radical (unpaired) electrons. The predicted octanol–water partition coefficient (Wildman–Crippen LogP) is 5.54. The van der Waals surface area contributed by atoms with Crippen LogP contribution in [0.15, 0.2) is 71.8 Å². The molecule has 6 heteroatoms. The van der Waals surface area contributed by atoms with Crippen LogP contribution in [0.4, 0.5) is 11.6 Å². The van der Waals surface area contributed by atoms with E-state index in [9.17, 15) is 4.79 Å². The van der Waals surface area contributed by atoms with Crippen LogP contribution in [0.1, 0.15) is 22.3 Å². The average molecular weight is 455 g/mol. The predicted molar refractivity (Wildman–Crippen MR) is 136 cm³/mol. The van der Waals surface area contributed by atoms with E-state index in [4.69, 9.17) is 9.97 Å². The number of fused-ring (bicyclic) bond motifs is 2. The summed E-state index contributed by atoms with van der Waals surface area (Å²) in [6, 6.07) is 22.6. The third kappa shape index (κ3) is 4.86. The second-order valence-corrected chi connectivity index (χ2v) is 9.46. The number of para-hydroxylation sites is 1. The zero-order valence-electron chi connectivity index (χ0n) is 18.8. The zero-order chi connectivity index (χ0) is 22.8. The smallest absolute Gasteiger partial charge is 0.234 e. The molecule has 0 bridgehead atoms. The monoisotopic (exact) mass is 454 g/mol. The standard InChI is InChI=1S/C27H26N4OS/c1-18-13-19(2)15-22(14-18)28-25(32)17-33-26-23-9-5-6-10-24(23)29-27(30-26)31-12-11-20-7-3-4-8-21(20)16-31/h3-10,13-15H,11-12,16-17H2,1-2H3,(H,28,32). The summed E-state index contributed by atoms with van der Waals surface area (Å²) in [5.74, 6) is 0.970. The third-order valence-electron chi connectivity index (χ3n) is 5.82. The topological polar surface area (TPSA) is 58.1 Å². The third-order valence-corrected chi connectivity index (χ3v) is 6.81. The zero-order valence-corrected chi connectivity index (χ0v) is 19.7. The number of benzene rings is 3. The van der Waals surface area contributed by atoms with Crippen LogP contribution in [0, 0.1) is 13.8 Å². The molecular formula is C27H26N4OS. The highest BCUT2D eigenvalue weighted by Gasteiger charge is 2.20. The summed E-state index contributed by atoms with van der Waals surface area (Å²) in [6.07, 6.45) is 0.979. The van der Waals surface area contributed by atoms with Crippen molar-refractivity contribution in [2.75, 3.05) is 22.5 Å². The summed E-state index contributed by atoms with van der Waals surface area (Å²) in [7, 11) is 0. The van der Waals surface area contributed by atoms with Gasteiger partial charge in [-0.15, -0.1) is 0 Å². The van der Waals surface area contributed by atoms with Gasteiger partial charge in [0.25, 0.3) is 0 Å². The SMILES string of the molecule is Cc1cc(C)cc(NC(=O)CSc2nc(N3CCc4ccccc4C3)nc3ccccc23)c1. The van der Waals surface area contributed by atoms with Crippen molar-refractivity contribution in [1.29, 1.82) is 0 Å². The Balaban J connectivity index is 1.37. The van der Waals surface area contributed by atoms with Gasteiger partial charge in [0, 0.05) is 24.2 Å². The number of aryl methyl sites for hydroxylation is 2. The molecule has 5 rings (SSSR count). The maximum Gasteiger partial charge on any atom is 0.234 e. The van der Waals surface area contributed by atoms with E-state index < -0.39 is 0 Å². The van der Waals surface area contributed by atoms with E-state index in [0.717, 1.165) is 58.2 Å². The molecule has 166 valence electrons. The number of rotatable bonds is 5. The van der Waals surface area contributed by atoms with Crippen molar-refractivity contribution in [1.82, 2.24) is 9.97 Å². The Hall–Kier alpha value is -3.38. The van der Waals surface area contributed by atoms with Crippen molar-refractivity contribution in [2.45, 2.75) is 31.8 Å². The van der Waals surface area contributed by atoms with Crippen LogP contribution >= 0.6 is 11.8 Å². The Morgan fingerprint density at radius 2 is 1.70 bits per heavy atom. The first-order valence-electron chi connectivity index (χ1n) is 11.1. The van der Waals surface area contributed by atoms with Crippen molar-refractivity contribution >= 4 is 40.2 Å². The lowest BCUT2D eigenvalue weighted by molar-refractivity contribution is -0.113. The Morgan fingerprint density at radius 1 is 0.970 bits per heavy atom. The molecule has 1 N–H and O–H groups in total. The molecule has 4 aromatic rings. The molecule has 0 saturated heterocycles. The second-order valence-electron chi connectivity index (χ2n) is 8.50. The van der Waals surface area contributed by atoms with Crippen molar-refractivity contribution in [3.8, 4) is 0 Å². The van der Waals surface area contributed by atoms with E-state index in [1.54, 1.807) is 0 Å². The van der Waals surface area contributed by atoms with Crippen LogP contribution < -0.4 is 10.2 Å². The number of nitrogens with zero attached hydrogens (tertiary/aromatic N) is 3. The van der Waals surface area contributed by atoms with Gasteiger partial charge in [-0.2, -0.15) is 0 Å². The molecule has 1 aliphatic rings. The van der Waals surface area contributed by atoms with E-state index in [0.29, 0.717) is 0 Å². The van der Waals surface area contributed by atoms with Crippen LogP contribution in [-0.4, -0.2) is 28.2 Å². The van der Waals surface area contributed by atoms with Gasteiger partial charge in [0.2, 0.25) is 11.9 Å². The van der Waals surface area contributed by atoms with Crippen molar-refractivity contribution in [3.63, 3.8) is 0 Å². The van der Waals surface area contributed by atoms with Crippen LogP contribution in [-0.2, 0) is 17.8 Å². The minimum atomic E-state index is -0.0406. The highest BCUT2D eigenvalue weighted by Crippen LogP contribution is 2.30. The van der Waals surface area contributed by atoms with E-state index in [2.05, 4.69) is 40.5 Å². The number of aromatic nitrogens is 2. The van der Waals surface area contributed by atoms with Gasteiger partial charge in [0.1, 0.15) is 5.03 Å². The number of nitrogens with one attached hydrogen (secondary N) is 1. The minimum absolute atomic E-state index is 0.0406.